The first-order valence-corrected chi connectivity index (χ1v) is 9.48. The van der Waals surface area contributed by atoms with E-state index in [9.17, 15) is 9.59 Å². The number of halogens is 1. The molecule has 0 fully saturated rings. The normalized spacial score (nSPS) is 14.2. The summed E-state index contributed by atoms with van der Waals surface area (Å²) in [5.41, 5.74) is 8.13. The number of fused-ring (bicyclic) bond motifs is 1. The molecule has 2 aromatic rings. The predicted molar refractivity (Wildman–Crippen MR) is 100 cm³/mol. The highest BCUT2D eigenvalue weighted by Gasteiger charge is 2.26. The lowest BCUT2D eigenvalue weighted by Gasteiger charge is -2.11. The number of nitrogens with one attached hydrogen (secondary N) is 1. The van der Waals surface area contributed by atoms with Crippen molar-refractivity contribution in [3.05, 3.63) is 50.9 Å². The fourth-order valence-corrected chi connectivity index (χ4v) is 4.55. The molecule has 7 heteroatoms. The number of hydrogen-bond donors (Lipinski definition) is 3. The lowest BCUT2D eigenvalue weighted by Crippen LogP contribution is -2.86. The number of carbonyl (C=O) groups excluding carboxylic acids is 2. The Morgan fingerprint density at radius 3 is 2.72 bits per heavy atom. The molecule has 1 atom stereocenters. The number of benzene rings is 1. The number of carbonyl (C=O) groups is 2. The highest BCUT2D eigenvalue weighted by Crippen LogP contribution is 2.38. The summed E-state index contributed by atoms with van der Waals surface area (Å²) in [4.78, 5) is 25.2. The van der Waals surface area contributed by atoms with Crippen molar-refractivity contribution in [2.75, 3.05) is 11.9 Å². The average molecular weight is 379 g/mol. The molecule has 0 radical (unpaired) electrons. The molecule has 1 aliphatic carbocycles. The zero-order valence-corrected chi connectivity index (χ0v) is 15.5. The molecule has 0 bridgehead atoms. The Balaban J connectivity index is 1.61. The molecule has 0 spiro atoms. The summed E-state index contributed by atoms with van der Waals surface area (Å²) in [6.07, 6.45) is 2.86. The maximum Gasteiger partial charge on any atom is 0.280 e. The second-order valence-electron chi connectivity index (χ2n) is 6.25. The summed E-state index contributed by atoms with van der Waals surface area (Å²) in [6.45, 7) is 2.30. The van der Waals surface area contributed by atoms with Crippen LogP contribution in [0.4, 0.5) is 5.00 Å². The predicted octanol–water partition coefficient (Wildman–Crippen LogP) is 2.25. The monoisotopic (exact) mass is 378 g/mol. The van der Waals surface area contributed by atoms with E-state index in [4.69, 9.17) is 17.3 Å². The number of anilines is 1. The number of rotatable bonds is 6. The van der Waals surface area contributed by atoms with Gasteiger partial charge in [0.05, 0.1) is 5.56 Å². The Labute approximate surface area is 155 Å². The average Bonchev–Trinajstić information content (AvgIpc) is 3.13. The van der Waals surface area contributed by atoms with Crippen LogP contribution in [0.5, 0.6) is 0 Å². The van der Waals surface area contributed by atoms with Crippen molar-refractivity contribution in [2.45, 2.75) is 32.2 Å². The largest absolute Gasteiger partial charge is 0.365 e. The van der Waals surface area contributed by atoms with Crippen molar-refractivity contribution in [3.63, 3.8) is 0 Å². The van der Waals surface area contributed by atoms with Crippen LogP contribution in [0.3, 0.4) is 0 Å². The maximum absolute atomic E-state index is 12.3. The van der Waals surface area contributed by atoms with E-state index in [1.165, 1.54) is 16.2 Å². The zero-order valence-electron chi connectivity index (χ0n) is 14.0. The van der Waals surface area contributed by atoms with Gasteiger partial charge in [-0.15, -0.1) is 11.3 Å². The minimum atomic E-state index is -0.465. The van der Waals surface area contributed by atoms with Crippen LogP contribution in [0, 0.1) is 0 Å². The summed E-state index contributed by atoms with van der Waals surface area (Å²) < 4.78 is 0. The Kier molecular flexibility index (Phi) is 5.42. The number of quaternary nitrogens is 1. The molecule has 132 valence electrons. The van der Waals surface area contributed by atoms with Crippen LogP contribution in [-0.4, -0.2) is 18.4 Å². The number of aryl methyl sites for hydroxylation is 1. The van der Waals surface area contributed by atoms with Crippen molar-refractivity contribution >= 4 is 39.8 Å². The smallest absolute Gasteiger partial charge is 0.280 e. The summed E-state index contributed by atoms with van der Waals surface area (Å²) in [7, 11) is 0. The number of amides is 2. The number of thiophene rings is 1. The molecule has 2 amide bonds. The molecule has 1 aromatic carbocycles. The van der Waals surface area contributed by atoms with Crippen molar-refractivity contribution in [3.8, 4) is 0 Å². The standard InChI is InChI=1S/C18H20ClN3O2S/c1-10(11-5-7-12(19)8-6-11)21-9-15(23)22-18-16(17(20)24)13-3-2-4-14(13)25-18/h5-8,10,21H,2-4,9H2,1H3,(H2,20,24)(H,22,23)/p+1/t10-/m1/s1. The lowest BCUT2D eigenvalue weighted by molar-refractivity contribution is -0.682. The molecule has 5 nitrogen and oxygen atoms in total. The van der Waals surface area contributed by atoms with Gasteiger partial charge in [-0.2, -0.15) is 0 Å². The molecule has 0 aliphatic heterocycles. The van der Waals surface area contributed by atoms with Crippen LogP contribution in [0.2, 0.25) is 5.02 Å². The SMILES string of the molecule is C[C@@H]([NH2+]CC(=O)Nc1sc2c(c1C(N)=O)CCC2)c1ccc(Cl)cc1. The minimum absolute atomic E-state index is 0.131. The van der Waals surface area contributed by atoms with E-state index in [0.717, 1.165) is 30.4 Å². The van der Waals surface area contributed by atoms with E-state index in [0.29, 0.717) is 15.6 Å². The van der Waals surface area contributed by atoms with Gasteiger partial charge in [0.25, 0.3) is 11.8 Å². The van der Waals surface area contributed by atoms with E-state index >= 15 is 0 Å². The van der Waals surface area contributed by atoms with Crippen LogP contribution < -0.4 is 16.4 Å². The molecule has 0 saturated heterocycles. The van der Waals surface area contributed by atoms with Crippen LogP contribution in [0.1, 0.15) is 45.7 Å². The highest BCUT2D eigenvalue weighted by atomic mass is 35.5. The summed E-state index contributed by atoms with van der Waals surface area (Å²) >= 11 is 7.37. The Morgan fingerprint density at radius 1 is 1.32 bits per heavy atom. The van der Waals surface area contributed by atoms with Gasteiger partial charge in [0.2, 0.25) is 0 Å². The first-order chi connectivity index (χ1) is 12.0. The van der Waals surface area contributed by atoms with Gasteiger partial charge < -0.3 is 16.4 Å². The summed E-state index contributed by atoms with van der Waals surface area (Å²) in [5.74, 6) is -0.601. The van der Waals surface area contributed by atoms with Crippen LogP contribution in [0.15, 0.2) is 24.3 Å². The Hall–Kier alpha value is -1.89. The van der Waals surface area contributed by atoms with Crippen molar-refractivity contribution < 1.29 is 14.9 Å². The molecule has 5 N–H and O–H groups in total. The van der Waals surface area contributed by atoms with Gasteiger partial charge in [0, 0.05) is 15.5 Å². The molecule has 1 heterocycles. The second kappa shape index (κ2) is 7.56. The van der Waals surface area contributed by atoms with Crippen LogP contribution in [0.25, 0.3) is 0 Å². The zero-order chi connectivity index (χ0) is 18.0. The van der Waals surface area contributed by atoms with E-state index < -0.39 is 5.91 Å². The van der Waals surface area contributed by atoms with E-state index in [2.05, 4.69) is 5.32 Å². The molecular formula is C18H21ClN3O2S+. The van der Waals surface area contributed by atoms with E-state index in [1.54, 1.807) is 0 Å². The summed E-state index contributed by atoms with van der Waals surface area (Å²) in [5, 5.41) is 6.10. The van der Waals surface area contributed by atoms with Crippen molar-refractivity contribution in [1.82, 2.24) is 0 Å². The molecule has 1 aliphatic rings. The fraction of sp³-hybridized carbons (Fsp3) is 0.333. The fourth-order valence-electron chi connectivity index (χ4n) is 3.12. The number of primary amides is 1. The van der Waals surface area contributed by atoms with E-state index in [1.807, 2.05) is 36.5 Å². The second-order valence-corrected chi connectivity index (χ2v) is 7.80. The third kappa shape index (κ3) is 4.03. The van der Waals surface area contributed by atoms with Crippen LogP contribution >= 0.6 is 22.9 Å². The molecule has 1 aromatic heterocycles. The van der Waals surface area contributed by atoms with Gasteiger partial charge in [0.1, 0.15) is 11.0 Å². The van der Waals surface area contributed by atoms with Gasteiger partial charge in [-0.1, -0.05) is 23.7 Å². The molecular weight excluding hydrogens is 358 g/mol. The molecule has 0 saturated carbocycles. The van der Waals surface area contributed by atoms with Gasteiger partial charge in [-0.05, 0) is 43.9 Å². The summed E-state index contributed by atoms with van der Waals surface area (Å²) in [6, 6.07) is 7.72. The quantitative estimate of drug-likeness (QED) is 0.719. The maximum atomic E-state index is 12.3. The van der Waals surface area contributed by atoms with Crippen molar-refractivity contribution in [2.24, 2.45) is 5.73 Å². The minimum Gasteiger partial charge on any atom is -0.365 e. The van der Waals surface area contributed by atoms with Gasteiger partial charge in [-0.3, -0.25) is 9.59 Å². The van der Waals surface area contributed by atoms with Crippen LogP contribution in [-0.2, 0) is 17.6 Å². The first kappa shape index (κ1) is 17.9. The third-order valence-corrected chi connectivity index (χ3v) is 5.93. The number of nitrogens with two attached hydrogens (primary N) is 2. The van der Waals surface area contributed by atoms with Gasteiger partial charge in [0.15, 0.2) is 6.54 Å². The molecule has 3 rings (SSSR count). The topological polar surface area (TPSA) is 88.8 Å². The third-order valence-electron chi connectivity index (χ3n) is 4.47. The lowest BCUT2D eigenvalue weighted by atomic mass is 10.1. The highest BCUT2D eigenvalue weighted by molar-refractivity contribution is 7.17. The number of hydrogen-bond acceptors (Lipinski definition) is 3. The van der Waals surface area contributed by atoms with Crippen molar-refractivity contribution in [1.29, 1.82) is 0 Å². The van der Waals surface area contributed by atoms with E-state index in [-0.39, 0.29) is 18.5 Å². The Morgan fingerprint density at radius 2 is 2.04 bits per heavy atom. The molecule has 0 unspecified atom stereocenters. The van der Waals surface area contributed by atoms with Gasteiger partial charge in [-0.25, -0.2) is 0 Å². The van der Waals surface area contributed by atoms with Gasteiger partial charge >= 0.3 is 0 Å². The molecule has 25 heavy (non-hydrogen) atoms. The first-order valence-electron chi connectivity index (χ1n) is 8.28. The Bertz CT molecular complexity index is 801.